The van der Waals surface area contributed by atoms with Crippen LogP contribution in [0.2, 0.25) is 10.0 Å². The van der Waals surface area contributed by atoms with Crippen LogP contribution in [0, 0.1) is 6.92 Å². The molecule has 1 atom stereocenters. The van der Waals surface area contributed by atoms with Crippen molar-refractivity contribution in [3.8, 4) is 5.75 Å². The maximum Gasteiger partial charge on any atom is 0.264 e. The van der Waals surface area contributed by atoms with Gasteiger partial charge in [0.25, 0.3) is 10.0 Å². The monoisotopic (exact) mass is 707 g/mol. The fourth-order valence-electron chi connectivity index (χ4n) is 5.87. The van der Waals surface area contributed by atoms with Crippen molar-refractivity contribution in [1.29, 1.82) is 0 Å². The first-order valence-corrected chi connectivity index (χ1v) is 18.1. The van der Waals surface area contributed by atoms with Gasteiger partial charge < -0.3 is 15.0 Å². The molecule has 2 amide bonds. The number of halogens is 2. The topological polar surface area (TPSA) is 96.0 Å². The average Bonchev–Trinajstić information content (AvgIpc) is 3.60. The average molecular weight is 709 g/mol. The highest BCUT2D eigenvalue weighted by Gasteiger charge is 2.35. The number of anilines is 1. The second kappa shape index (κ2) is 15.9. The molecule has 1 fully saturated rings. The summed E-state index contributed by atoms with van der Waals surface area (Å²) in [6.45, 7) is 1.34. The van der Waals surface area contributed by atoms with E-state index >= 15 is 0 Å². The van der Waals surface area contributed by atoms with Gasteiger partial charge in [-0.2, -0.15) is 0 Å². The van der Waals surface area contributed by atoms with E-state index in [0.717, 1.165) is 41.1 Å². The van der Waals surface area contributed by atoms with Gasteiger partial charge in [0.15, 0.2) is 0 Å². The van der Waals surface area contributed by atoms with Gasteiger partial charge in [-0.15, -0.1) is 0 Å². The molecule has 1 aliphatic rings. The molecule has 252 valence electrons. The maximum atomic E-state index is 14.7. The summed E-state index contributed by atoms with van der Waals surface area (Å²) in [6, 6.07) is 26.5. The van der Waals surface area contributed by atoms with Crippen LogP contribution >= 0.6 is 23.2 Å². The quantitative estimate of drug-likeness (QED) is 0.159. The highest BCUT2D eigenvalue weighted by Crippen LogP contribution is 2.28. The highest BCUT2D eigenvalue weighted by molar-refractivity contribution is 7.92. The van der Waals surface area contributed by atoms with Gasteiger partial charge in [0.05, 0.1) is 27.7 Å². The van der Waals surface area contributed by atoms with E-state index < -0.39 is 28.5 Å². The second-order valence-electron chi connectivity index (χ2n) is 12.0. The molecule has 48 heavy (non-hydrogen) atoms. The summed E-state index contributed by atoms with van der Waals surface area (Å²) in [7, 11) is -2.74. The number of rotatable bonds is 13. The first-order valence-electron chi connectivity index (χ1n) is 15.9. The lowest BCUT2D eigenvalue weighted by Gasteiger charge is -2.34. The number of methoxy groups -OCH3 is 1. The molecular weight excluding hydrogens is 669 g/mol. The Morgan fingerprint density at radius 2 is 1.54 bits per heavy atom. The number of aryl methyl sites for hydroxylation is 1. The van der Waals surface area contributed by atoms with E-state index in [1.165, 1.54) is 24.1 Å². The van der Waals surface area contributed by atoms with Gasteiger partial charge in [-0.05, 0) is 79.4 Å². The molecule has 1 saturated carbocycles. The number of amides is 2. The van der Waals surface area contributed by atoms with Crippen LogP contribution in [0.25, 0.3) is 0 Å². The van der Waals surface area contributed by atoms with Crippen LogP contribution in [0.1, 0.15) is 42.4 Å². The van der Waals surface area contributed by atoms with Crippen molar-refractivity contribution < 1.29 is 22.7 Å². The molecule has 0 aliphatic heterocycles. The minimum atomic E-state index is -4.24. The molecule has 4 aromatic rings. The van der Waals surface area contributed by atoms with Crippen LogP contribution in [0.4, 0.5) is 5.69 Å². The summed E-state index contributed by atoms with van der Waals surface area (Å²) >= 11 is 12.6. The summed E-state index contributed by atoms with van der Waals surface area (Å²) in [5, 5.41) is 3.84. The van der Waals surface area contributed by atoms with Crippen LogP contribution in [0.3, 0.4) is 0 Å². The van der Waals surface area contributed by atoms with Crippen molar-refractivity contribution in [2.24, 2.45) is 0 Å². The van der Waals surface area contributed by atoms with Gasteiger partial charge >= 0.3 is 0 Å². The second-order valence-corrected chi connectivity index (χ2v) is 14.7. The van der Waals surface area contributed by atoms with Gasteiger partial charge in [0.1, 0.15) is 18.3 Å². The Morgan fingerprint density at radius 1 is 0.875 bits per heavy atom. The third-order valence-corrected chi connectivity index (χ3v) is 11.1. The minimum Gasteiger partial charge on any atom is -0.497 e. The van der Waals surface area contributed by atoms with Crippen molar-refractivity contribution >= 4 is 50.7 Å². The molecule has 0 saturated heterocycles. The van der Waals surface area contributed by atoms with Gasteiger partial charge in [-0.25, -0.2) is 8.42 Å². The Balaban J connectivity index is 1.57. The lowest BCUT2D eigenvalue weighted by atomic mass is 10.0. The summed E-state index contributed by atoms with van der Waals surface area (Å²) in [5.41, 5.74) is 2.75. The third kappa shape index (κ3) is 8.69. The molecule has 0 aromatic heterocycles. The first kappa shape index (κ1) is 35.3. The number of hydrogen-bond donors (Lipinski definition) is 1. The van der Waals surface area contributed by atoms with Gasteiger partial charge in [0.2, 0.25) is 11.8 Å². The largest absolute Gasteiger partial charge is 0.497 e. The van der Waals surface area contributed by atoms with Gasteiger partial charge in [-0.1, -0.05) is 90.1 Å². The number of sulfonamides is 1. The molecule has 0 bridgehead atoms. The molecule has 1 N–H and O–H groups in total. The Morgan fingerprint density at radius 3 is 2.17 bits per heavy atom. The zero-order valence-electron chi connectivity index (χ0n) is 26.9. The summed E-state index contributed by atoms with van der Waals surface area (Å²) < 4.78 is 34.8. The molecule has 8 nitrogen and oxygen atoms in total. The van der Waals surface area contributed by atoms with E-state index in [2.05, 4.69) is 5.32 Å². The lowest BCUT2D eigenvalue weighted by Crippen LogP contribution is -2.54. The Kier molecular flexibility index (Phi) is 11.7. The molecule has 0 heterocycles. The molecule has 0 radical (unpaired) electrons. The molecule has 11 heteroatoms. The normalized spacial score (nSPS) is 13.9. The highest BCUT2D eigenvalue weighted by atomic mass is 35.5. The summed E-state index contributed by atoms with van der Waals surface area (Å²) in [5.74, 6) is -0.350. The number of ether oxygens (including phenoxy) is 1. The van der Waals surface area contributed by atoms with Crippen LogP contribution in [-0.2, 0) is 32.6 Å². The van der Waals surface area contributed by atoms with E-state index in [-0.39, 0.29) is 29.8 Å². The van der Waals surface area contributed by atoms with Crippen molar-refractivity contribution in [1.82, 2.24) is 10.2 Å². The number of carbonyl (C=O) groups is 2. The zero-order valence-corrected chi connectivity index (χ0v) is 29.3. The smallest absolute Gasteiger partial charge is 0.264 e. The van der Waals surface area contributed by atoms with Crippen molar-refractivity contribution in [2.75, 3.05) is 18.0 Å². The van der Waals surface area contributed by atoms with E-state index in [1.807, 2.05) is 37.3 Å². The number of hydrogen-bond acceptors (Lipinski definition) is 5. The lowest BCUT2D eigenvalue weighted by molar-refractivity contribution is -0.140. The number of nitrogens with one attached hydrogen (secondary N) is 1. The first-order chi connectivity index (χ1) is 23.0. The van der Waals surface area contributed by atoms with Crippen LogP contribution in [0.15, 0.2) is 102 Å². The SMILES string of the molecule is COc1ccc(S(=O)(=O)N(CC(=O)N(Cc2ccc(Cl)c(Cl)c2)[C@@H](Cc2ccccc2)C(=O)NC2CCCC2)c2ccc(C)cc2)cc1. The van der Waals surface area contributed by atoms with Gasteiger partial charge in [-0.3, -0.25) is 13.9 Å². The Hall–Kier alpha value is -4.05. The molecule has 0 spiro atoms. The van der Waals surface area contributed by atoms with E-state index in [1.54, 1.807) is 54.6 Å². The van der Waals surface area contributed by atoms with E-state index in [0.29, 0.717) is 27.0 Å². The van der Waals surface area contributed by atoms with Gasteiger partial charge in [0, 0.05) is 19.0 Å². The third-order valence-electron chi connectivity index (χ3n) is 8.56. The standard InChI is InChI=1S/C37H39Cl2N3O5S/c1-26-12-15-30(16-13-26)42(48(45,46)32-19-17-31(47-2)18-20-32)25-36(43)41(24-28-14-21-33(38)34(39)22-28)35(23-27-8-4-3-5-9-27)37(44)40-29-10-6-7-11-29/h3-5,8-9,12-22,29,35H,6-7,10-11,23-25H2,1-2H3,(H,40,44)/t35-/m0/s1. The maximum absolute atomic E-state index is 14.7. The van der Waals surface area contributed by atoms with E-state index in [9.17, 15) is 18.0 Å². The molecule has 5 rings (SSSR count). The molecule has 0 unspecified atom stereocenters. The fourth-order valence-corrected chi connectivity index (χ4v) is 7.61. The molecule has 4 aromatic carbocycles. The molecule has 1 aliphatic carbocycles. The predicted molar refractivity (Wildman–Crippen MR) is 190 cm³/mol. The van der Waals surface area contributed by atoms with Crippen LogP contribution < -0.4 is 14.4 Å². The number of carbonyl (C=O) groups excluding carboxylic acids is 2. The van der Waals surface area contributed by atoms with Crippen molar-refractivity contribution in [3.63, 3.8) is 0 Å². The number of benzene rings is 4. The van der Waals surface area contributed by atoms with E-state index in [4.69, 9.17) is 27.9 Å². The zero-order chi connectivity index (χ0) is 34.3. The number of nitrogens with zero attached hydrogens (tertiary/aromatic N) is 2. The fraction of sp³-hybridized carbons (Fsp3) is 0.297. The Labute approximate surface area is 292 Å². The molecular formula is C37H39Cl2N3O5S. The van der Waals surface area contributed by atoms with Crippen LogP contribution in [-0.4, -0.2) is 50.9 Å². The summed E-state index contributed by atoms with van der Waals surface area (Å²) in [6.07, 6.45) is 4.00. The minimum absolute atomic E-state index is 0.00433. The Bertz CT molecular complexity index is 1810. The van der Waals surface area contributed by atoms with Crippen molar-refractivity contribution in [2.45, 2.75) is 62.6 Å². The predicted octanol–water partition coefficient (Wildman–Crippen LogP) is 7.20. The summed E-state index contributed by atoms with van der Waals surface area (Å²) in [4.78, 5) is 30.3. The van der Waals surface area contributed by atoms with Crippen molar-refractivity contribution in [3.05, 3.63) is 124 Å². The van der Waals surface area contributed by atoms with Crippen LogP contribution in [0.5, 0.6) is 5.75 Å².